The van der Waals surface area contributed by atoms with E-state index in [0.717, 1.165) is 18.6 Å². The summed E-state index contributed by atoms with van der Waals surface area (Å²) in [7, 11) is -4.60. The molecule has 0 aromatic heterocycles. The van der Waals surface area contributed by atoms with E-state index in [4.69, 9.17) is 4.74 Å². The second kappa shape index (κ2) is 7.37. The van der Waals surface area contributed by atoms with E-state index in [2.05, 4.69) is 0 Å². The van der Waals surface area contributed by atoms with Crippen molar-refractivity contribution in [2.75, 3.05) is 19.7 Å². The standard InChI is InChI=1S/C17H21F2NO4S/c18-17(19)25(22,23)14-5-1-12(2-6-14)11-16(21)20-8-7-15(13-3-4-13)24-10-9-20/h1-2,5-6,13,15,17H,3-4,7-11H2. The van der Waals surface area contributed by atoms with Gasteiger partial charge in [0.25, 0.3) is 0 Å². The molecule has 2 aliphatic rings. The van der Waals surface area contributed by atoms with Gasteiger partial charge in [-0.05, 0) is 42.9 Å². The lowest BCUT2D eigenvalue weighted by molar-refractivity contribution is -0.130. The van der Waals surface area contributed by atoms with E-state index in [0.29, 0.717) is 31.2 Å². The first-order valence-electron chi connectivity index (χ1n) is 8.38. The first-order valence-corrected chi connectivity index (χ1v) is 9.93. The zero-order valence-electron chi connectivity index (χ0n) is 13.7. The molecule has 25 heavy (non-hydrogen) atoms. The highest BCUT2D eigenvalue weighted by Gasteiger charge is 2.34. The van der Waals surface area contributed by atoms with Crippen LogP contribution in [0.25, 0.3) is 0 Å². The predicted molar refractivity (Wildman–Crippen MR) is 87.0 cm³/mol. The summed E-state index contributed by atoms with van der Waals surface area (Å²) in [6.45, 7) is 1.72. The summed E-state index contributed by atoms with van der Waals surface area (Å²) in [4.78, 5) is 13.8. The minimum atomic E-state index is -4.60. The topological polar surface area (TPSA) is 63.7 Å². The van der Waals surface area contributed by atoms with Gasteiger partial charge >= 0.3 is 5.76 Å². The van der Waals surface area contributed by atoms with Crippen molar-refractivity contribution in [1.82, 2.24) is 4.90 Å². The number of hydrogen-bond acceptors (Lipinski definition) is 4. The molecule has 1 saturated carbocycles. The van der Waals surface area contributed by atoms with Crippen LogP contribution in [0.3, 0.4) is 0 Å². The maximum Gasteiger partial charge on any atom is 0.341 e. The van der Waals surface area contributed by atoms with Crippen LogP contribution in [0.15, 0.2) is 29.2 Å². The van der Waals surface area contributed by atoms with E-state index in [-0.39, 0.29) is 18.4 Å². The fraction of sp³-hybridized carbons (Fsp3) is 0.588. The molecule has 2 fully saturated rings. The molecule has 0 N–H and O–H groups in total. The minimum absolute atomic E-state index is 0.0653. The van der Waals surface area contributed by atoms with Gasteiger partial charge < -0.3 is 9.64 Å². The second-order valence-electron chi connectivity index (χ2n) is 6.54. The number of alkyl halides is 2. The Bertz CT molecular complexity index is 717. The Balaban J connectivity index is 1.59. The SMILES string of the molecule is O=C(Cc1ccc(S(=O)(=O)C(F)F)cc1)N1CCOC(C2CC2)CC1. The Labute approximate surface area is 145 Å². The Morgan fingerprint density at radius 2 is 1.84 bits per heavy atom. The molecule has 0 radical (unpaired) electrons. The monoisotopic (exact) mass is 373 g/mol. The summed E-state index contributed by atoms with van der Waals surface area (Å²) in [5, 5.41) is 0. The van der Waals surface area contributed by atoms with Crippen molar-refractivity contribution in [2.24, 2.45) is 5.92 Å². The number of rotatable bonds is 5. The highest BCUT2D eigenvalue weighted by Crippen LogP contribution is 2.36. The Morgan fingerprint density at radius 1 is 1.16 bits per heavy atom. The van der Waals surface area contributed by atoms with E-state index in [9.17, 15) is 22.0 Å². The molecule has 1 aromatic rings. The third-order valence-corrected chi connectivity index (χ3v) is 6.12. The van der Waals surface area contributed by atoms with Gasteiger partial charge in [0.2, 0.25) is 15.7 Å². The van der Waals surface area contributed by atoms with Crippen molar-refractivity contribution in [3.63, 3.8) is 0 Å². The minimum Gasteiger partial charge on any atom is -0.376 e. The zero-order chi connectivity index (χ0) is 18.0. The van der Waals surface area contributed by atoms with Crippen molar-refractivity contribution in [1.29, 1.82) is 0 Å². The van der Waals surface area contributed by atoms with Crippen LogP contribution in [0, 0.1) is 5.92 Å². The van der Waals surface area contributed by atoms with Gasteiger partial charge in [-0.1, -0.05) is 12.1 Å². The molecule has 1 saturated heterocycles. The lowest BCUT2D eigenvalue weighted by atomic mass is 10.1. The van der Waals surface area contributed by atoms with Crippen LogP contribution in [0.5, 0.6) is 0 Å². The maximum atomic E-state index is 12.5. The Kier molecular flexibility index (Phi) is 5.38. The number of benzene rings is 1. The summed E-state index contributed by atoms with van der Waals surface area (Å²) < 4.78 is 53.7. The van der Waals surface area contributed by atoms with E-state index in [1.54, 1.807) is 4.90 Å². The van der Waals surface area contributed by atoms with Gasteiger partial charge in [-0.15, -0.1) is 0 Å². The number of carbonyl (C=O) groups excluding carboxylic acids is 1. The first-order chi connectivity index (χ1) is 11.9. The van der Waals surface area contributed by atoms with Crippen LogP contribution in [-0.2, 0) is 25.8 Å². The highest BCUT2D eigenvalue weighted by atomic mass is 32.2. The Morgan fingerprint density at radius 3 is 2.44 bits per heavy atom. The van der Waals surface area contributed by atoms with E-state index < -0.39 is 20.5 Å². The van der Waals surface area contributed by atoms with Crippen LogP contribution in [0.2, 0.25) is 0 Å². The largest absolute Gasteiger partial charge is 0.376 e. The van der Waals surface area contributed by atoms with Crippen LogP contribution in [0.1, 0.15) is 24.8 Å². The average molecular weight is 373 g/mol. The summed E-state index contributed by atoms with van der Waals surface area (Å²) in [6, 6.07) is 5.07. The number of sulfone groups is 1. The van der Waals surface area contributed by atoms with Crippen LogP contribution in [-0.4, -0.2) is 50.8 Å². The summed E-state index contributed by atoms with van der Waals surface area (Å²) in [6.07, 6.45) is 3.60. The third kappa shape index (κ3) is 4.36. The molecule has 5 nitrogen and oxygen atoms in total. The number of hydrogen-bond donors (Lipinski definition) is 0. The summed E-state index contributed by atoms with van der Waals surface area (Å²) >= 11 is 0. The molecule has 1 aliphatic carbocycles. The molecule has 1 amide bonds. The molecule has 138 valence electrons. The van der Waals surface area contributed by atoms with Crippen LogP contribution in [0.4, 0.5) is 8.78 Å². The Hall–Kier alpha value is -1.54. The average Bonchev–Trinajstić information content (AvgIpc) is 3.41. The molecule has 1 unspecified atom stereocenters. The molecular formula is C17H21F2NO4S. The van der Waals surface area contributed by atoms with E-state index in [1.165, 1.54) is 25.0 Å². The smallest absolute Gasteiger partial charge is 0.341 e. The lowest BCUT2D eigenvalue weighted by Gasteiger charge is -2.20. The van der Waals surface area contributed by atoms with Crippen LogP contribution < -0.4 is 0 Å². The number of carbonyl (C=O) groups is 1. The zero-order valence-corrected chi connectivity index (χ0v) is 14.6. The van der Waals surface area contributed by atoms with Gasteiger partial charge in [0.05, 0.1) is 24.0 Å². The molecule has 1 aliphatic heterocycles. The molecular weight excluding hydrogens is 352 g/mol. The van der Waals surface area contributed by atoms with Crippen molar-refractivity contribution in [3.8, 4) is 0 Å². The fourth-order valence-corrected chi connectivity index (χ4v) is 3.79. The summed E-state index contributed by atoms with van der Waals surface area (Å²) in [5.74, 6) is -2.87. The van der Waals surface area contributed by atoms with E-state index in [1.807, 2.05) is 0 Å². The molecule has 3 rings (SSSR count). The quantitative estimate of drug-likeness (QED) is 0.794. The van der Waals surface area contributed by atoms with Gasteiger partial charge in [0.1, 0.15) is 0 Å². The molecule has 8 heteroatoms. The van der Waals surface area contributed by atoms with E-state index >= 15 is 0 Å². The van der Waals surface area contributed by atoms with Crippen molar-refractivity contribution < 1.29 is 26.7 Å². The van der Waals surface area contributed by atoms with Crippen molar-refractivity contribution in [3.05, 3.63) is 29.8 Å². The van der Waals surface area contributed by atoms with Gasteiger partial charge in [-0.25, -0.2) is 8.42 Å². The predicted octanol–water partition coefficient (Wildman–Crippen LogP) is 2.25. The van der Waals surface area contributed by atoms with Crippen molar-refractivity contribution >= 4 is 15.7 Å². The van der Waals surface area contributed by atoms with Gasteiger partial charge in [0, 0.05) is 13.1 Å². The maximum absolute atomic E-state index is 12.5. The molecule has 1 atom stereocenters. The fourth-order valence-electron chi connectivity index (χ4n) is 3.07. The number of ether oxygens (including phenoxy) is 1. The number of nitrogens with zero attached hydrogens (tertiary/aromatic N) is 1. The number of amides is 1. The molecule has 1 aromatic carbocycles. The molecule has 0 spiro atoms. The second-order valence-corrected chi connectivity index (χ2v) is 8.46. The normalized spacial score (nSPS) is 22.0. The lowest BCUT2D eigenvalue weighted by Crippen LogP contribution is -2.34. The summed E-state index contributed by atoms with van der Waals surface area (Å²) in [5.41, 5.74) is 0.599. The number of halogens is 2. The molecule has 0 bridgehead atoms. The molecule has 1 heterocycles. The highest BCUT2D eigenvalue weighted by molar-refractivity contribution is 7.91. The third-order valence-electron chi connectivity index (χ3n) is 4.72. The van der Waals surface area contributed by atoms with Gasteiger partial charge in [-0.2, -0.15) is 8.78 Å². The van der Waals surface area contributed by atoms with Gasteiger partial charge in [-0.3, -0.25) is 4.79 Å². The van der Waals surface area contributed by atoms with Gasteiger partial charge in [0.15, 0.2) is 0 Å². The van der Waals surface area contributed by atoms with Crippen molar-refractivity contribution in [2.45, 2.75) is 42.4 Å². The van der Waals surface area contributed by atoms with Crippen LogP contribution >= 0.6 is 0 Å². The first kappa shape index (κ1) is 18.3.